The molecular weight excluding hydrogens is 280 g/mol. The summed E-state index contributed by atoms with van der Waals surface area (Å²) in [6.07, 6.45) is 0.285. The summed E-state index contributed by atoms with van der Waals surface area (Å²) in [6, 6.07) is 5.93. The molecule has 1 N–H and O–H groups in total. The van der Waals surface area contributed by atoms with Crippen molar-refractivity contribution in [2.75, 3.05) is 18.4 Å². The summed E-state index contributed by atoms with van der Waals surface area (Å²) in [4.78, 5) is 26.5. The number of nitrogens with zero attached hydrogens (tertiary/aromatic N) is 1. The third-order valence-electron chi connectivity index (χ3n) is 4.38. The Hall–Kier alpha value is -2.04. The van der Waals surface area contributed by atoms with Crippen molar-refractivity contribution in [2.45, 2.75) is 45.1 Å². The molecule has 0 radical (unpaired) electrons. The van der Waals surface area contributed by atoms with E-state index in [9.17, 15) is 9.59 Å². The van der Waals surface area contributed by atoms with Crippen LogP contribution in [0.3, 0.4) is 0 Å². The van der Waals surface area contributed by atoms with Crippen LogP contribution in [0.5, 0.6) is 0 Å². The van der Waals surface area contributed by atoms with Crippen LogP contribution in [0.15, 0.2) is 18.2 Å². The van der Waals surface area contributed by atoms with Gasteiger partial charge in [-0.1, -0.05) is 18.2 Å². The van der Waals surface area contributed by atoms with Crippen LogP contribution in [0.1, 0.15) is 38.3 Å². The van der Waals surface area contributed by atoms with E-state index in [2.05, 4.69) is 5.32 Å². The van der Waals surface area contributed by atoms with Crippen LogP contribution >= 0.6 is 0 Å². The molecule has 5 nitrogen and oxygen atoms in total. The Morgan fingerprint density at radius 2 is 2.09 bits per heavy atom. The van der Waals surface area contributed by atoms with E-state index in [0.29, 0.717) is 19.5 Å². The SMILES string of the molecule is Cc1cccc2c1NC(=O)[C@@]21CCN(C(=O)OC(C)(C)C)C1. The van der Waals surface area contributed by atoms with E-state index in [1.165, 1.54) is 0 Å². The molecule has 0 unspecified atom stereocenters. The maximum absolute atomic E-state index is 12.6. The molecule has 22 heavy (non-hydrogen) atoms. The van der Waals surface area contributed by atoms with Crippen molar-refractivity contribution in [1.29, 1.82) is 0 Å². The van der Waals surface area contributed by atoms with E-state index in [1.807, 2.05) is 45.9 Å². The number of anilines is 1. The Morgan fingerprint density at radius 3 is 2.77 bits per heavy atom. The highest BCUT2D eigenvalue weighted by molar-refractivity contribution is 6.07. The van der Waals surface area contributed by atoms with E-state index in [4.69, 9.17) is 4.74 Å². The summed E-state index contributed by atoms with van der Waals surface area (Å²) in [7, 11) is 0. The average molecular weight is 302 g/mol. The van der Waals surface area contributed by atoms with E-state index in [-0.39, 0.29) is 12.0 Å². The van der Waals surface area contributed by atoms with Gasteiger partial charge in [0.1, 0.15) is 5.60 Å². The molecule has 0 bridgehead atoms. The molecule has 3 rings (SSSR count). The number of benzene rings is 1. The first kappa shape index (κ1) is 14.9. The van der Waals surface area contributed by atoms with Gasteiger partial charge in [0, 0.05) is 18.8 Å². The minimum Gasteiger partial charge on any atom is -0.444 e. The number of carbonyl (C=O) groups is 2. The summed E-state index contributed by atoms with van der Waals surface area (Å²) < 4.78 is 5.43. The molecule has 1 atom stereocenters. The van der Waals surface area contributed by atoms with Gasteiger partial charge >= 0.3 is 6.09 Å². The summed E-state index contributed by atoms with van der Waals surface area (Å²) >= 11 is 0. The topological polar surface area (TPSA) is 58.6 Å². The molecule has 1 aromatic rings. The zero-order chi connectivity index (χ0) is 16.1. The number of nitrogens with one attached hydrogen (secondary N) is 1. The molecule has 118 valence electrons. The molecular formula is C17H22N2O3. The molecule has 1 spiro atoms. The number of hydrogen-bond donors (Lipinski definition) is 1. The molecule has 0 saturated carbocycles. The van der Waals surface area contributed by atoms with Crippen molar-refractivity contribution in [3.8, 4) is 0 Å². The number of hydrogen-bond acceptors (Lipinski definition) is 3. The molecule has 0 aliphatic carbocycles. The number of ether oxygens (including phenoxy) is 1. The predicted molar refractivity (Wildman–Crippen MR) is 83.9 cm³/mol. The third-order valence-corrected chi connectivity index (χ3v) is 4.38. The summed E-state index contributed by atoms with van der Waals surface area (Å²) in [5, 5.41) is 2.99. The lowest BCUT2D eigenvalue weighted by Gasteiger charge is -2.26. The minimum atomic E-state index is -0.627. The first-order valence-corrected chi connectivity index (χ1v) is 7.62. The smallest absolute Gasteiger partial charge is 0.410 e. The van der Waals surface area contributed by atoms with Gasteiger partial charge in [0.15, 0.2) is 0 Å². The van der Waals surface area contributed by atoms with Gasteiger partial charge in [0.25, 0.3) is 0 Å². The standard InChI is InChI=1S/C17H22N2O3/c1-11-6-5-7-12-13(11)18-14(20)17(12)8-9-19(10-17)15(21)22-16(2,3)4/h5-7H,8-10H2,1-4H3,(H,18,20)/t17-/m1/s1. The molecule has 2 amide bonds. The largest absolute Gasteiger partial charge is 0.444 e. The maximum atomic E-state index is 12.6. The van der Waals surface area contributed by atoms with Crippen molar-refractivity contribution >= 4 is 17.7 Å². The van der Waals surface area contributed by atoms with Gasteiger partial charge in [-0.25, -0.2) is 4.79 Å². The fourth-order valence-corrected chi connectivity index (χ4v) is 3.29. The second kappa shape index (κ2) is 4.73. The molecule has 2 aliphatic rings. The Bertz CT molecular complexity index is 648. The molecule has 5 heteroatoms. The molecule has 1 aromatic carbocycles. The molecule has 2 aliphatic heterocycles. The van der Waals surface area contributed by atoms with Gasteiger partial charge in [0.2, 0.25) is 5.91 Å². The Labute approximate surface area is 130 Å². The zero-order valence-electron chi connectivity index (χ0n) is 13.5. The van der Waals surface area contributed by atoms with Crippen molar-refractivity contribution in [3.05, 3.63) is 29.3 Å². The Balaban J connectivity index is 1.87. The van der Waals surface area contributed by atoms with Crippen LogP contribution in [-0.4, -0.2) is 35.6 Å². The zero-order valence-corrected chi connectivity index (χ0v) is 13.5. The van der Waals surface area contributed by atoms with Crippen molar-refractivity contribution in [2.24, 2.45) is 0 Å². The lowest BCUT2D eigenvalue weighted by atomic mass is 9.80. The van der Waals surface area contributed by atoms with Gasteiger partial charge < -0.3 is 15.0 Å². The second-order valence-corrected chi connectivity index (χ2v) is 7.19. The summed E-state index contributed by atoms with van der Waals surface area (Å²) in [5.41, 5.74) is 1.80. The van der Waals surface area contributed by atoms with Crippen LogP contribution in [0, 0.1) is 6.92 Å². The highest BCUT2D eigenvalue weighted by Crippen LogP contribution is 2.45. The second-order valence-electron chi connectivity index (χ2n) is 7.19. The highest BCUT2D eigenvalue weighted by Gasteiger charge is 2.52. The molecule has 0 aromatic heterocycles. The highest BCUT2D eigenvalue weighted by atomic mass is 16.6. The molecule has 2 heterocycles. The monoisotopic (exact) mass is 302 g/mol. The number of amides is 2. The Morgan fingerprint density at radius 1 is 1.36 bits per heavy atom. The number of para-hydroxylation sites is 1. The Kier molecular flexibility index (Phi) is 3.20. The van der Waals surface area contributed by atoms with Gasteiger partial charge in [-0.2, -0.15) is 0 Å². The lowest BCUT2D eigenvalue weighted by Crippen LogP contribution is -2.41. The summed E-state index contributed by atoms with van der Waals surface area (Å²) in [5.74, 6) is -0.0112. The molecule has 1 fully saturated rings. The van der Waals surface area contributed by atoms with Crippen molar-refractivity contribution in [1.82, 2.24) is 4.90 Å². The van der Waals surface area contributed by atoms with Crippen LogP contribution in [0.2, 0.25) is 0 Å². The first-order valence-electron chi connectivity index (χ1n) is 7.62. The van der Waals surface area contributed by atoms with Crippen LogP contribution < -0.4 is 5.32 Å². The lowest BCUT2D eigenvalue weighted by molar-refractivity contribution is -0.120. The van der Waals surface area contributed by atoms with E-state index < -0.39 is 11.0 Å². The van der Waals surface area contributed by atoms with Gasteiger partial charge in [0.05, 0.1) is 5.41 Å². The van der Waals surface area contributed by atoms with Crippen molar-refractivity contribution < 1.29 is 14.3 Å². The van der Waals surface area contributed by atoms with Crippen LogP contribution in [0.25, 0.3) is 0 Å². The van der Waals surface area contributed by atoms with Crippen LogP contribution in [0.4, 0.5) is 10.5 Å². The van der Waals surface area contributed by atoms with Gasteiger partial charge in [-0.05, 0) is 45.2 Å². The maximum Gasteiger partial charge on any atom is 0.410 e. The van der Waals surface area contributed by atoms with Gasteiger partial charge in [-0.15, -0.1) is 0 Å². The van der Waals surface area contributed by atoms with Crippen LogP contribution in [-0.2, 0) is 14.9 Å². The number of likely N-dealkylation sites (tertiary alicyclic amines) is 1. The van der Waals surface area contributed by atoms with E-state index in [0.717, 1.165) is 16.8 Å². The average Bonchev–Trinajstić information content (AvgIpc) is 2.95. The van der Waals surface area contributed by atoms with Gasteiger partial charge in [-0.3, -0.25) is 4.79 Å². The fourth-order valence-electron chi connectivity index (χ4n) is 3.29. The van der Waals surface area contributed by atoms with E-state index in [1.54, 1.807) is 4.90 Å². The quantitative estimate of drug-likeness (QED) is 0.801. The number of aryl methyl sites for hydroxylation is 1. The third kappa shape index (κ3) is 2.25. The normalized spacial score (nSPS) is 23.6. The van der Waals surface area contributed by atoms with E-state index >= 15 is 0 Å². The van der Waals surface area contributed by atoms with Crippen molar-refractivity contribution in [3.63, 3.8) is 0 Å². The summed E-state index contributed by atoms with van der Waals surface area (Å²) in [6.45, 7) is 8.44. The number of carbonyl (C=O) groups excluding carboxylic acids is 2. The molecule has 1 saturated heterocycles. The number of rotatable bonds is 0. The fraction of sp³-hybridized carbons (Fsp3) is 0.529. The minimum absolute atomic E-state index is 0.0112. The first-order chi connectivity index (χ1) is 10.2. The number of fused-ring (bicyclic) bond motifs is 2. The predicted octanol–water partition coefficient (Wildman–Crippen LogP) is 2.83.